The molecule has 0 unspecified atom stereocenters. The molecule has 1 aromatic carbocycles. The Bertz CT molecular complexity index is 545. The maximum Gasteiger partial charge on any atom is 0.145 e. The molecule has 1 aliphatic heterocycles. The van der Waals surface area contributed by atoms with Crippen LogP contribution in [-0.2, 0) is 9.57 Å². The smallest absolute Gasteiger partial charge is 0.145 e. The summed E-state index contributed by atoms with van der Waals surface area (Å²) in [6.45, 7) is 8.52. The summed E-state index contributed by atoms with van der Waals surface area (Å²) in [5.74, 6) is 0.828. The SMILES string of the molecule is CCN(C[C@@H](O)COC(C)C)C[C@@H]1CC(c2ccc(OC)cc2)=NO1. The topological polar surface area (TPSA) is 63.5 Å². The molecular weight excluding hydrogens is 320 g/mol. The Labute approximate surface area is 150 Å². The van der Waals surface area contributed by atoms with Crippen LogP contribution in [0.2, 0.25) is 0 Å². The van der Waals surface area contributed by atoms with Crippen LogP contribution in [0.15, 0.2) is 29.4 Å². The van der Waals surface area contributed by atoms with E-state index in [-0.39, 0.29) is 12.2 Å². The van der Waals surface area contributed by atoms with Gasteiger partial charge in [-0.3, -0.25) is 4.90 Å². The molecule has 140 valence electrons. The summed E-state index contributed by atoms with van der Waals surface area (Å²) in [6, 6.07) is 7.84. The van der Waals surface area contributed by atoms with Crippen molar-refractivity contribution in [2.24, 2.45) is 5.16 Å². The minimum Gasteiger partial charge on any atom is -0.497 e. The van der Waals surface area contributed by atoms with Crippen molar-refractivity contribution in [1.29, 1.82) is 0 Å². The second-order valence-corrected chi connectivity index (χ2v) is 6.59. The molecule has 2 rings (SSSR count). The van der Waals surface area contributed by atoms with Crippen molar-refractivity contribution in [2.75, 3.05) is 33.4 Å². The fourth-order valence-corrected chi connectivity index (χ4v) is 2.76. The Hall–Kier alpha value is -1.63. The molecule has 0 fully saturated rings. The molecule has 1 N–H and O–H groups in total. The number of hydrogen-bond donors (Lipinski definition) is 1. The summed E-state index contributed by atoms with van der Waals surface area (Å²) in [5.41, 5.74) is 2.00. The van der Waals surface area contributed by atoms with Crippen LogP contribution in [-0.4, -0.2) is 67.4 Å². The molecule has 6 nitrogen and oxygen atoms in total. The van der Waals surface area contributed by atoms with E-state index in [0.29, 0.717) is 13.2 Å². The Kier molecular flexibility index (Phi) is 7.68. The van der Waals surface area contributed by atoms with Crippen molar-refractivity contribution in [3.63, 3.8) is 0 Å². The molecule has 1 heterocycles. The molecular formula is C19H30N2O4. The lowest BCUT2D eigenvalue weighted by atomic mass is 10.0. The first-order valence-electron chi connectivity index (χ1n) is 8.91. The fraction of sp³-hybridized carbons (Fsp3) is 0.632. The first kappa shape index (κ1) is 19.7. The molecule has 1 aromatic rings. The standard InChI is InChI=1S/C19H30N2O4/c1-5-21(11-16(22)13-24-14(2)3)12-18-10-19(20-25-18)15-6-8-17(23-4)9-7-15/h6-9,14,16,18,22H,5,10-13H2,1-4H3/t16-,18+/m1/s1. The van der Waals surface area contributed by atoms with Crippen molar-refractivity contribution in [3.8, 4) is 5.75 Å². The number of rotatable bonds is 10. The summed E-state index contributed by atoms with van der Waals surface area (Å²) in [5, 5.41) is 14.3. The van der Waals surface area contributed by atoms with Gasteiger partial charge in [-0.2, -0.15) is 0 Å². The highest BCUT2D eigenvalue weighted by atomic mass is 16.6. The van der Waals surface area contributed by atoms with Crippen LogP contribution < -0.4 is 4.74 Å². The molecule has 2 atom stereocenters. The molecule has 0 saturated carbocycles. The molecule has 0 spiro atoms. The molecule has 0 bridgehead atoms. The highest BCUT2D eigenvalue weighted by Crippen LogP contribution is 2.20. The number of hydrogen-bond acceptors (Lipinski definition) is 6. The van der Waals surface area contributed by atoms with Gasteiger partial charge in [0.15, 0.2) is 0 Å². The highest BCUT2D eigenvalue weighted by Gasteiger charge is 2.25. The van der Waals surface area contributed by atoms with Gasteiger partial charge in [0.05, 0.1) is 31.6 Å². The molecule has 0 radical (unpaired) electrons. The number of oxime groups is 1. The highest BCUT2D eigenvalue weighted by molar-refractivity contribution is 6.01. The second-order valence-electron chi connectivity index (χ2n) is 6.59. The van der Waals surface area contributed by atoms with E-state index in [1.54, 1.807) is 7.11 Å². The maximum absolute atomic E-state index is 10.1. The number of ether oxygens (including phenoxy) is 2. The predicted molar refractivity (Wildman–Crippen MR) is 98.2 cm³/mol. The zero-order valence-electron chi connectivity index (χ0n) is 15.6. The van der Waals surface area contributed by atoms with Crippen LogP contribution in [0.5, 0.6) is 5.75 Å². The number of likely N-dealkylation sites (N-methyl/N-ethyl adjacent to an activating group) is 1. The van der Waals surface area contributed by atoms with Gasteiger partial charge in [0, 0.05) is 19.5 Å². The summed E-state index contributed by atoms with van der Waals surface area (Å²) < 4.78 is 10.7. The number of aliphatic hydroxyl groups excluding tert-OH is 1. The second kappa shape index (κ2) is 9.75. The van der Waals surface area contributed by atoms with E-state index in [1.165, 1.54) is 0 Å². The van der Waals surface area contributed by atoms with Gasteiger partial charge in [-0.15, -0.1) is 0 Å². The Morgan fingerprint density at radius 3 is 2.64 bits per heavy atom. The van der Waals surface area contributed by atoms with Gasteiger partial charge in [0.1, 0.15) is 11.9 Å². The minimum absolute atomic E-state index is 0.00951. The number of methoxy groups -OCH3 is 1. The van der Waals surface area contributed by atoms with Gasteiger partial charge in [0.2, 0.25) is 0 Å². The van der Waals surface area contributed by atoms with Crippen LogP contribution in [0, 0.1) is 0 Å². The van der Waals surface area contributed by atoms with Crippen molar-refractivity contribution in [1.82, 2.24) is 4.90 Å². The Morgan fingerprint density at radius 2 is 2.04 bits per heavy atom. The van der Waals surface area contributed by atoms with Crippen molar-refractivity contribution in [3.05, 3.63) is 29.8 Å². The average Bonchev–Trinajstić information content (AvgIpc) is 3.08. The van der Waals surface area contributed by atoms with Crippen LogP contribution in [0.25, 0.3) is 0 Å². The van der Waals surface area contributed by atoms with E-state index in [0.717, 1.165) is 36.5 Å². The zero-order valence-corrected chi connectivity index (χ0v) is 15.6. The summed E-state index contributed by atoms with van der Waals surface area (Å²) in [7, 11) is 1.65. The van der Waals surface area contributed by atoms with Gasteiger partial charge in [-0.1, -0.05) is 12.1 Å². The van der Waals surface area contributed by atoms with Gasteiger partial charge in [-0.25, -0.2) is 0 Å². The molecule has 0 amide bonds. The van der Waals surface area contributed by atoms with E-state index in [9.17, 15) is 5.11 Å². The van der Waals surface area contributed by atoms with Crippen molar-refractivity contribution < 1.29 is 19.4 Å². The summed E-state index contributed by atoms with van der Waals surface area (Å²) in [4.78, 5) is 7.76. The van der Waals surface area contributed by atoms with E-state index >= 15 is 0 Å². The van der Waals surface area contributed by atoms with Crippen molar-refractivity contribution >= 4 is 5.71 Å². The van der Waals surface area contributed by atoms with Crippen molar-refractivity contribution in [2.45, 2.75) is 45.5 Å². The normalized spacial score (nSPS) is 18.4. The van der Waals surface area contributed by atoms with E-state index in [4.69, 9.17) is 14.3 Å². The largest absolute Gasteiger partial charge is 0.497 e. The molecule has 1 aliphatic rings. The van der Waals surface area contributed by atoms with Gasteiger partial charge in [0.25, 0.3) is 0 Å². The average molecular weight is 350 g/mol. The maximum atomic E-state index is 10.1. The summed E-state index contributed by atoms with van der Waals surface area (Å²) in [6.07, 6.45) is 0.408. The first-order valence-corrected chi connectivity index (χ1v) is 8.91. The molecule has 0 aliphatic carbocycles. The van der Waals surface area contributed by atoms with Gasteiger partial charge >= 0.3 is 0 Å². The monoisotopic (exact) mass is 350 g/mol. The fourth-order valence-electron chi connectivity index (χ4n) is 2.76. The number of aliphatic hydroxyl groups is 1. The van der Waals surface area contributed by atoms with Crippen LogP contribution >= 0.6 is 0 Å². The molecule has 25 heavy (non-hydrogen) atoms. The van der Waals surface area contributed by atoms with Gasteiger partial charge < -0.3 is 19.4 Å². The third-order valence-corrected chi connectivity index (χ3v) is 4.16. The van der Waals surface area contributed by atoms with E-state index < -0.39 is 6.10 Å². The molecule has 0 aromatic heterocycles. The Morgan fingerprint density at radius 1 is 1.32 bits per heavy atom. The molecule has 6 heteroatoms. The third-order valence-electron chi connectivity index (χ3n) is 4.16. The summed E-state index contributed by atoms with van der Waals surface area (Å²) >= 11 is 0. The number of nitrogens with zero attached hydrogens (tertiary/aromatic N) is 2. The van der Waals surface area contributed by atoms with Gasteiger partial charge in [-0.05, 0) is 50.2 Å². The van der Waals surface area contributed by atoms with Crippen LogP contribution in [0.4, 0.5) is 0 Å². The quantitative estimate of drug-likeness (QED) is 0.701. The van der Waals surface area contributed by atoms with Crippen LogP contribution in [0.1, 0.15) is 32.8 Å². The third kappa shape index (κ3) is 6.30. The van der Waals surface area contributed by atoms with Crippen LogP contribution in [0.3, 0.4) is 0 Å². The lowest BCUT2D eigenvalue weighted by molar-refractivity contribution is -0.0169. The minimum atomic E-state index is -0.495. The lowest BCUT2D eigenvalue weighted by Gasteiger charge is -2.25. The Balaban J connectivity index is 1.80. The number of benzene rings is 1. The predicted octanol–water partition coefficient (Wildman–Crippen LogP) is 2.30. The first-order chi connectivity index (χ1) is 12.0. The van der Waals surface area contributed by atoms with E-state index in [2.05, 4.69) is 17.0 Å². The molecule has 0 saturated heterocycles. The van der Waals surface area contributed by atoms with E-state index in [1.807, 2.05) is 38.1 Å². The lowest BCUT2D eigenvalue weighted by Crippen LogP contribution is -2.39. The zero-order chi connectivity index (χ0) is 18.2.